The molecule has 0 bridgehead atoms. The third-order valence-corrected chi connectivity index (χ3v) is 5.64. The highest BCUT2D eigenvalue weighted by Gasteiger charge is 2.37. The first kappa shape index (κ1) is 17.4. The average molecular weight is 331 g/mol. The van der Waals surface area contributed by atoms with Gasteiger partial charge in [0, 0.05) is 12.6 Å². The van der Waals surface area contributed by atoms with E-state index in [1.807, 2.05) is 35.2 Å². The summed E-state index contributed by atoms with van der Waals surface area (Å²) < 4.78 is 0. The fraction of sp³-hybridized carbons (Fsp3) is 0.650. The number of hydrogen-bond acceptors (Lipinski definition) is 3. The SMILES string of the molecule is O=C(C1CCCC1O)N1CCCCCC1CC(O)c1ccccc1. The zero-order chi connectivity index (χ0) is 16.9. The molecule has 0 spiro atoms. The highest BCUT2D eigenvalue weighted by Crippen LogP contribution is 2.32. The summed E-state index contributed by atoms with van der Waals surface area (Å²) in [5.74, 6) is -0.133. The van der Waals surface area contributed by atoms with Gasteiger partial charge < -0.3 is 15.1 Å². The smallest absolute Gasteiger partial charge is 0.228 e. The standard InChI is InChI=1S/C20H29NO3/c22-18-12-7-11-17(18)20(24)21-13-6-2-5-10-16(21)14-19(23)15-8-3-1-4-9-15/h1,3-4,8-9,16-19,22-23H,2,5-7,10-14H2. The second-order valence-electron chi connectivity index (χ2n) is 7.30. The Morgan fingerprint density at radius 2 is 1.88 bits per heavy atom. The van der Waals surface area contributed by atoms with Crippen molar-refractivity contribution in [1.29, 1.82) is 0 Å². The van der Waals surface area contributed by atoms with Crippen LogP contribution in [-0.4, -0.2) is 39.7 Å². The van der Waals surface area contributed by atoms with Crippen molar-refractivity contribution in [3.8, 4) is 0 Å². The summed E-state index contributed by atoms with van der Waals surface area (Å²) in [6.07, 6.45) is 6.22. The van der Waals surface area contributed by atoms with E-state index in [2.05, 4.69) is 0 Å². The summed E-state index contributed by atoms with van der Waals surface area (Å²) in [6, 6.07) is 9.76. The molecule has 1 aliphatic heterocycles. The molecule has 0 radical (unpaired) electrons. The molecule has 1 amide bonds. The number of benzene rings is 1. The minimum atomic E-state index is -0.543. The second kappa shape index (κ2) is 8.13. The Bertz CT molecular complexity index is 533. The van der Waals surface area contributed by atoms with Crippen LogP contribution >= 0.6 is 0 Å². The van der Waals surface area contributed by atoms with Crippen molar-refractivity contribution in [2.75, 3.05) is 6.54 Å². The molecule has 2 aliphatic rings. The summed E-state index contributed by atoms with van der Waals surface area (Å²) in [7, 11) is 0. The lowest BCUT2D eigenvalue weighted by molar-refractivity contribution is -0.141. The number of nitrogens with zero attached hydrogens (tertiary/aromatic N) is 1. The van der Waals surface area contributed by atoms with Gasteiger partial charge in [-0.05, 0) is 44.1 Å². The fourth-order valence-corrected chi connectivity index (χ4v) is 4.22. The lowest BCUT2D eigenvalue weighted by Crippen LogP contribution is -2.45. The Morgan fingerprint density at radius 3 is 2.58 bits per heavy atom. The summed E-state index contributed by atoms with van der Waals surface area (Å²) in [5.41, 5.74) is 0.912. The topological polar surface area (TPSA) is 60.8 Å². The summed E-state index contributed by atoms with van der Waals surface area (Å²) in [5, 5.41) is 20.7. The zero-order valence-electron chi connectivity index (χ0n) is 14.3. The number of carbonyl (C=O) groups is 1. The number of carbonyl (C=O) groups excluding carboxylic acids is 1. The average Bonchev–Trinajstić information content (AvgIpc) is 2.89. The fourth-order valence-electron chi connectivity index (χ4n) is 4.22. The van der Waals surface area contributed by atoms with E-state index in [4.69, 9.17) is 0 Å². The van der Waals surface area contributed by atoms with Crippen LogP contribution in [0.25, 0.3) is 0 Å². The molecule has 2 N–H and O–H groups in total. The highest BCUT2D eigenvalue weighted by molar-refractivity contribution is 5.80. The van der Waals surface area contributed by atoms with E-state index in [0.717, 1.165) is 57.1 Å². The molecular formula is C20H29NO3. The van der Waals surface area contributed by atoms with Crippen molar-refractivity contribution < 1.29 is 15.0 Å². The van der Waals surface area contributed by atoms with E-state index >= 15 is 0 Å². The van der Waals surface area contributed by atoms with Gasteiger partial charge in [-0.2, -0.15) is 0 Å². The van der Waals surface area contributed by atoms with Crippen LogP contribution in [-0.2, 0) is 4.79 Å². The Kier molecular flexibility index (Phi) is 5.90. The first-order valence-electron chi connectivity index (χ1n) is 9.38. The lowest BCUT2D eigenvalue weighted by atomic mass is 9.96. The number of aliphatic hydroxyl groups excluding tert-OH is 2. The van der Waals surface area contributed by atoms with Crippen molar-refractivity contribution in [1.82, 2.24) is 4.90 Å². The van der Waals surface area contributed by atoms with E-state index in [1.54, 1.807) is 0 Å². The summed E-state index contributed by atoms with van der Waals surface area (Å²) in [4.78, 5) is 14.9. The second-order valence-corrected chi connectivity index (χ2v) is 7.30. The van der Waals surface area contributed by atoms with E-state index in [1.165, 1.54) is 0 Å². The van der Waals surface area contributed by atoms with Gasteiger partial charge in [0.2, 0.25) is 5.91 Å². The molecule has 4 atom stereocenters. The quantitative estimate of drug-likeness (QED) is 0.891. The first-order chi connectivity index (χ1) is 11.7. The van der Waals surface area contributed by atoms with Gasteiger partial charge in [0.1, 0.15) is 0 Å². The van der Waals surface area contributed by atoms with E-state index in [-0.39, 0.29) is 17.9 Å². The Hall–Kier alpha value is -1.39. The minimum Gasteiger partial charge on any atom is -0.392 e. The highest BCUT2D eigenvalue weighted by atomic mass is 16.3. The van der Waals surface area contributed by atoms with Gasteiger partial charge in [-0.25, -0.2) is 0 Å². The minimum absolute atomic E-state index is 0.0722. The van der Waals surface area contributed by atoms with Crippen molar-refractivity contribution in [3.05, 3.63) is 35.9 Å². The van der Waals surface area contributed by atoms with Gasteiger partial charge in [0.05, 0.1) is 18.1 Å². The third kappa shape index (κ3) is 3.98. The maximum Gasteiger partial charge on any atom is 0.228 e. The molecule has 1 saturated heterocycles. The maximum absolute atomic E-state index is 13.0. The monoisotopic (exact) mass is 331 g/mol. The molecule has 24 heavy (non-hydrogen) atoms. The van der Waals surface area contributed by atoms with Gasteiger partial charge in [-0.15, -0.1) is 0 Å². The molecule has 3 rings (SSSR count). The van der Waals surface area contributed by atoms with Crippen molar-refractivity contribution in [3.63, 3.8) is 0 Å². The largest absolute Gasteiger partial charge is 0.392 e. The van der Waals surface area contributed by atoms with Crippen LogP contribution in [0.2, 0.25) is 0 Å². The molecule has 2 fully saturated rings. The first-order valence-corrected chi connectivity index (χ1v) is 9.38. The van der Waals surface area contributed by atoms with Gasteiger partial charge >= 0.3 is 0 Å². The number of amides is 1. The molecule has 132 valence electrons. The van der Waals surface area contributed by atoms with Crippen LogP contribution < -0.4 is 0 Å². The Balaban J connectivity index is 1.71. The van der Waals surface area contributed by atoms with Crippen LogP contribution in [0.5, 0.6) is 0 Å². The van der Waals surface area contributed by atoms with Crippen LogP contribution in [0.3, 0.4) is 0 Å². The number of hydrogen-bond donors (Lipinski definition) is 2. The van der Waals surface area contributed by atoms with Crippen LogP contribution in [0, 0.1) is 5.92 Å². The Morgan fingerprint density at radius 1 is 1.08 bits per heavy atom. The molecule has 1 aliphatic carbocycles. The van der Waals surface area contributed by atoms with E-state index < -0.39 is 12.2 Å². The normalized spacial score (nSPS) is 29.2. The van der Waals surface area contributed by atoms with Gasteiger partial charge in [-0.3, -0.25) is 4.79 Å². The maximum atomic E-state index is 13.0. The zero-order valence-corrected chi connectivity index (χ0v) is 14.3. The molecular weight excluding hydrogens is 302 g/mol. The van der Waals surface area contributed by atoms with Crippen LogP contribution in [0.15, 0.2) is 30.3 Å². The molecule has 0 aromatic heterocycles. The van der Waals surface area contributed by atoms with Crippen molar-refractivity contribution >= 4 is 5.91 Å². The molecule has 1 aromatic carbocycles. The number of rotatable bonds is 4. The summed E-state index contributed by atoms with van der Waals surface area (Å²) >= 11 is 0. The van der Waals surface area contributed by atoms with E-state index in [0.29, 0.717) is 6.42 Å². The molecule has 4 heteroatoms. The van der Waals surface area contributed by atoms with Gasteiger partial charge in [0.15, 0.2) is 0 Å². The van der Waals surface area contributed by atoms with Crippen molar-refractivity contribution in [2.24, 2.45) is 5.92 Å². The molecule has 4 nitrogen and oxygen atoms in total. The summed E-state index contributed by atoms with van der Waals surface area (Å²) in [6.45, 7) is 0.758. The molecule has 1 heterocycles. The number of likely N-dealkylation sites (tertiary alicyclic amines) is 1. The molecule has 1 aromatic rings. The van der Waals surface area contributed by atoms with Gasteiger partial charge in [-0.1, -0.05) is 43.2 Å². The number of aliphatic hydroxyl groups is 2. The predicted octanol–water partition coefficient (Wildman–Crippen LogP) is 3.04. The molecule has 1 saturated carbocycles. The van der Waals surface area contributed by atoms with Crippen molar-refractivity contribution in [2.45, 2.75) is 69.6 Å². The van der Waals surface area contributed by atoms with Gasteiger partial charge in [0.25, 0.3) is 0 Å². The van der Waals surface area contributed by atoms with Crippen LogP contribution in [0.1, 0.15) is 63.0 Å². The Labute approximate surface area is 144 Å². The third-order valence-electron chi connectivity index (χ3n) is 5.64. The molecule has 4 unspecified atom stereocenters. The predicted molar refractivity (Wildman–Crippen MR) is 93.3 cm³/mol. The lowest BCUT2D eigenvalue weighted by Gasteiger charge is -2.34. The van der Waals surface area contributed by atoms with Crippen LogP contribution in [0.4, 0.5) is 0 Å². The van der Waals surface area contributed by atoms with E-state index in [9.17, 15) is 15.0 Å².